The van der Waals surface area contributed by atoms with Crippen molar-refractivity contribution in [2.45, 2.75) is 24.7 Å². The molecule has 3 rings (SSSR count). The Morgan fingerprint density at radius 1 is 1.19 bits per heavy atom. The molecule has 0 amide bonds. The lowest BCUT2D eigenvalue weighted by Gasteiger charge is -2.35. The zero-order chi connectivity index (χ0) is 18.5. The van der Waals surface area contributed by atoms with Crippen molar-refractivity contribution in [3.05, 3.63) is 65.2 Å². The highest BCUT2D eigenvalue weighted by molar-refractivity contribution is 5.56. The second kappa shape index (κ2) is 8.36. The Kier molecular flexibility index (Phi) is 5.93. The summed E-state index contributed by atoms with van der Waals surface area (Å²) in [6.45, 7) is -0.0472. The Labute approximate surface area is 153 Å². The predicted molar refractivity (Wildman–Crippen MR) is 99.4 cm³/mol. The molecule has 2 N–H and O–H groups in total. The lowest BCUT2D eigenvalue weighted by Crippen LogP contribution is -2.39. The normalized spacial score (nSPS) is 20.6. The molecule has 2 aromatic carbocycles. The van der Waals surface area contributed by atoms with Crippen molar-refractivity contribution in [1.82, 2.24) is 0 Å². The van der Waals surface area contributed by atoms with Crippen LogP contribution in [0.1, 0.15) is 22.6 Å². The highest BCUT2D eigenvalue weighted by Crippen LogP contribution is 2.42. The molecule has 138 valence electrons. The zero-order valence-corrected chi connectivity index (χ0v) is 15.0. The van der Waals surface area contributed by atoms with E-state index in [1.807, 2.05) is 54.6 Å². The molecule has 0 bridgehead atoms. The molecule has 1 aliphatic rings. The van der Waals surface area contributed by atoms with Crippen LogP contribution >= 0.6 is 0 Å². The van der Waals surface area contributed by atoms with Crippen LogP contribution in [0.15, 0.2) is 48.5 Å². The number of aliphatic hydroxyl groups is 2. The lowest BCUT2D eigenvalue weighted by atomic mass is 9.83. The number of benzene rings is 2. The monoisotopic (exact) mass is 356 g/mol. The largest absolute Gasteiger partial charge is 0.497 e. The van der Waals surface area contributed by atoms with Gasteiger partial charge in [0.05, 0.1) is 33.5 Å². The molecule has 0 unspecified atom stereocenters. The molecule has 0 saturated carbocycles. The summed E-state index contributed by atoms with van der Waals surface area (Å²) in [7, 11) is 3.22. The van der Waals surface area contributed by atoms with Crippen LogP contribution in [0.4, 0.5) is 0 Å². The molecule has 1 aliphatic heterocycles. The van der Waals surface area contributed by atoms with Crippen LogP contribution in [-0.2, 0) is 11.3 Å². The summed E-state index contributed by atoms with van der Waals surface area (Å²) in [5, 5.41) is 19.7. The lowest BCUT2D eigenvalue weighted by molar-refractivity contribution is -0.0790. The molecule has 26 heavy (non-hydrogen) atoms. The smallest absolute Gasteiger partial charge is 0.126 e. The number of hydrogen-bond acceptors (Lipinski definition) is 5. The highest BCUT2D eigenvalue weighted by Gasteiger charge is 2.36. The van der Waals surface area contributed by atoms with Crippen molar-refractivity contribution in [1.29, 1.82) is 0 Å². The predicted octanol–water partition coefficient (Wildman–Crippen LogP) is 2.75. The number of ether oxygens (including phenoxy) is 3. The average Bonchev–Trinajstić information content (AvgIpc) is 2.70. The first-order valence-electron chi connectivity index (χ1n) is 8.56. The molecule has 0 aliphatic carbocycles. The van der Waals surface area contributed by atoms with E-state index in [4.69, 9.17) is 14.2 Å². The van der Waals surface area contributed by atoms with Crippen LogP contribution in [-0.4, -0.2) is 43.2 Å². The van der Waals surface area contributed by atoms with Gasteiger partial charge in [0.25, 0.3) is 0 Å². The minimum Gasteiger partial charge on any atom is -0.497 e. The quantitative estimate of drug-likeness (QED) is 0.833. The van der Waals surface area contributed by atoms with Gasteiger partial charge < -0.3 is 24.4 Å². The van der Waals surface area contributed by atoms with Crippen molar-refractivity contribution in [2.75, 3.05) is 20.8 Å². The first kappa shape index (κ1) is 18.5. The molecule has 0 fully saturated rings. The fraction of sp³-hybridized carbons (Fsp3) is 0.333. The van der Waals surface area contributed by atoms with Crippen molar-refractivity contribution in [3.63, 3.8) is 0 Å². The SMILES string of the molecule is COc1cc2c(c(OC)c1)[C@H](C=Cc1ccccc1)[C@@H]([C@H](O)CO)OC2. The summed E-state index contributed by atoms with van der Waals surface area (Å²) in [5.41, 5.74) is 2.94. The van der Waals surface area contributed by atoms with Gasteiger partial charge in [-0.05, 0) is 17.2 Å². The number of fused-ring (bicyclic) bond motifs is 1. The van der Waals surface area contributed by atoms with E-state index in [9.17, 15) is 10.2 Å². The fourth-order valence-corrected chi connectivity index (χ4v) is 3.33. The van der Waals surface area contributed by atoms with Crippen LogP contribution < -0.4 is 9.47 Å². The maximum atomic E-state index is 10.3. The zero-order valence-electron chi connectivity index (χ0n) is 15.0. The van der Waals surface area contributed by atoms with Gasteiger partial charge in [0.1, 0.15) is 17.6 Å². The first-order chi connectivity index (χ1) is 12.7. The van der Waals surface area contributed by atoms with Gasteiger partial charge >= 0.3 is 0 Å². The van der Waals surface area contributed by atoms with Crippen LogP contribution in [0.25, 0.3) is 6.08 Å². The van der Waals surface area contributed by atoms with Crippen LogP contribution in [0.2, 0.25) is 0 Å². The van der Waals surface area contributed by atoms with Gasteiger partial charge in [0.2, 0.25) is 0 Å². The molecule has 2 aromatic rings. The van der Waals surface area contributed by atoms with Gasteiger partial charge in [-0.1, -0.05) is 42.5 Å². The molecular formula is C21H24O5. The van der Waals surface area contributed by atoms with Crippen LogP contribution in [0.5, 0.6) is 11.5 Å². The number of methoxy groups -OCH3 is 2. The Morgan fingerprint density at radius 2 is 1.96 bits per heavy atom. The summed E-state index contributed by atoms with van der Waals surface area (Å²) < 4.78 is 16.8. The first-order valence-corrected chi connectivity index (χ1v) is 8.56. The third-order valence-electron chi connectivity index (χ3n) is 4.64. The van der Waals surface area contributed by atoms with Crippen LogP contribution in [0.3, 0.4) is 0 Å². The molecule has 0 spiro atoms. The van der Waals surface area contributed by atoms with Crippen molar-refractivity contribution < 1.29 is 24.4 Å². The minimum atomic E-state index is -0.986. The molecule has 3 atom stereocenters. The molecule has 0 saturated heterocycles. The standard InChI is InChI=1S/C21H24O5/c1-24-16-10-15-13-26-21(18(23)12-22)17(20(15)19(11-16)25-2)9-8-14-6-4-3-5-7-14/h3-11,17-18,21-23H,12-13H2,1-2H3/t17-,18+,21-/m0/s1. The Morgan fingerprint density at radius 3 is 2.62 bits per heavy atom. The molecule has 0 aromatic heterocycles. The van der Waals surface area contributed by atoms with Gasteiger partial charge in [-0.25, -0.2) is 0 Å². The topological polar surface area (TPSA) is 68.2 Å². The molecular weight excluding hydrogens is 332 g/mol. The molecule has 5 nitrogen and oxygen atoms in total. The molecule has 5 heteroatoms. The van der Waals surface area contributed by atoms with E-state index in [0.29, 0.717) is 18.1 Å². The maximum absolute atomic E-state index is 10.3. The highest BCUT2D eigenvalue weighted by atomic mass is 16.5. The van der Waals surface area contributed by atoms with Gasteiger partial charge in [0, 0.05) is 17.5 Å². The fourth-order valence-electron chi connectivity index (χ4n) is 3.33. The van der Waals surface area contributed by atoms with Crippen molar-refractivity contribution >= 4 is 6.08 Å². The number of hydrogen-bond donors (Lipinski definition) is 2. The average molecular weight is 356 g/mol. The van der Waals surface area contributed by atoms with Gasteiger partial charge in [0.15, 0.2) is 0 Å². The Hall–Kier alpha value is -2.34. The van der Waals surface area contributed by atoms with Crippen LogP contribution in [0, 0.1) is 0 Å². The Balaban J connectivity index is 2.06. The molecule has 0 radical (unpaired) electrons. The third-order valence-corrected chi connectivity index (χ3v) is 4.64. The second-order valence-corrected chi connectivity index (χ2v) is 6.22. The second-order valence-electron chi connectivity index (χ2n) is 6.22. The van der Waals surface area contributed by atoms with Gasteiger partial charge in [-0.2, -0.15) is 0 Å². The third kappa shape index (κ3) is 3.75. The van der Waals surface area contributed by atoms with Gasteiger partial charge in [-0.3, -0.25) is 0 Å². The number of aliphatic hydroxyl groups excluding tert-OH is 2. The summed E-state index contributed by atoms with van der Waals surface area (Å²) in [4.78, 5) is 0. The van der Waals surface area contributed by atoms with Crippen molar-refractivity contribution in [2.24, 2.45) is 0 Å². The number of rotatable bonds is 6. The van der Waals surface area contributed by atoms with Crippen molar-refractivity contribution in [3.8, 4) is 11.5 Å². The van der Waals surface area contributed by atoms with E-state index in [2.05, 4.69) is 0 Å². The van der Waals surface area contributed by atoms with E-state index < -0.39 is 12.2 Å². The van der Waals surface area contributed by atoms with E-state index in [1.54, 1.807) is 14.2 Å². The van der Waals surface area contributed by atoms with E-state index in [0.717, 1.165) is 16.7 Å². The van der Waals surface area contributed by atoms with E-state index >= 15 is 0 Å². The minimum absolute atomic E-state index is 0.262. The summed E-state index contributed by atoms with van der Waals surface area (Å²) in [6, 6.07) is 13.7. The Bertz CT molecular complexity index is 739. The van der Waals surface area contributed by atoms with E-state index in [1.165, 1.54) is 0 Å². The summed E-state index contributed by atoms with van der Waals surface area (Å²) in [5.74, 6) is 1.11. The summed E-state index contributed by atoms with van der Waals surface area (Å²) in [6.07, 6.45) is 2.44. The van der Waals surface area contributed by atoms with E-state index in [-0.39, 0.29) is 12.5 Å². The van der Waals surface area contributed by atoms with Gasteiger partial charge in [-0.15, -0.1) is 0 Å². The maximum Gasteiger partial charge on any atom is 0.126 e. The summed E-state index contributed by atoms with van der Waals surface area (Å²) >= 11 is 0. The molecule has 1 heterocycles.